The molecule has 0 unspecified atom stereocenters. The van der Waals surface area contributed by atoms with E-state index in [4.69, 9.17) is 4.98 Å². The molecular weight excluding hydrogens is 404 g/mol. The van der Waals surface area contributed by atoms with E-state index in [9.17, 15) is 4.79 Å². The van der Waals surface area contributed by atoms with E-state index in [0.717, 1.165) is 48.8 Å². The topological polar surface area (TPSA) is 93.8 Å². The number of carbonyl (C=O) groups is 1. The van der Waals surface area contributed by atoms with Crippen molar-refractivity contribution in [2.24, 2.45) is 12.5 Å². The van der Waals surface area contributed by atoms with E-state index in [0.29, 0.717) is 17.5 Å². The minimum Gasteiger partial charge on any atom is -0.343 e. The number of hydrogen-bond acceptors (Lipinski definition) is 6. The molecule has 1 N–H and O–H groups in total. The van der Waals surface area contributed by atoms with Crippen LogP contribution in [0, 0.1) is 12.3 Å². The van der Waals surface area contributed by atoms with Gasteiger partial charge in [0.1, 0.15) is 0 Å². The van der Waals surface area contributed by atoms with Gasteiger partial charge >= 0.3 is 0 Å². The van der Waals surface area contributed by atoms with Crippen LogP contribution in [0.3, 0.4) is 0 Å². The lowest BCUT2D eigenvalue weighted by Crippen LogP contribution is -2.27. The van der Waals surface area contributed by atoms with Crippen LogP contribution in [0.25, 0.3) is 0 Å². The van der Waals surface area contributed by atoms with Gasteiger partial charge in [-0.1, -0.05) is 0 Å². The van der Waals surface area contributed by atoms with Crippen LogP contribution in [0.4, 0.5) is 5.95 Å². The van der Waals surface area contributed by atoms with Crippen LogP contribution in [-0.2, 0) is 20.0 Å². The minimum absolute atomic E-state index is 0.0365. The quantitative estimate of drug-likeness (QED) is 0.664. The number of rotatable bonds is 5. The van der Waals surface area contributed by atoms with Crippen LogP contribution >= 0.6 is 0 Å². The largest absolute Gasteiger partial charge is 0.343 e. The Kier molecular flexibility index (Phi) is 4.34. The van der Waals surface area contributed by atoms with Crippen molar-refractivity contribution in [2.75, 3.05) is 18.0 Å². The summed E-state index contributed by atoms with van der Waals surface area (Å²) in [6.45, 7) is 4.70. The molecule has 1 spiro atoms. The third kappa shape index (κ3) is 3.36. The molecule has 3 aromatic rings. The van der Waals surface area contributed by atoms with Gasteiger partial charge in [-0.25, -0.2) is 15.0 Å². The Hall–Kier alpha value is -3.23. The number of nitrogens with zero attached hydrogens (tertiary/aromatic N) is 7. The molecule has 0 bridgehead atoms. The smallest absolute Gasteiger partial charge is 0.255 e. The molecule has 1 amide bonds. The molecule has 9 nitrogen and oxygen atoms in total. The highest BCUT2D eigenvalue weighted by molar-refractivity contribution is 5.94. The molecule has 0 radical (unpaired) electrons. The highest BCUT2D eigenvalue weighted by Crippen LogP contribution is 2.53. The summed E-state index contributed by atoms with van der Waals surface area (Å²) in [4.78, 5) is 28.9. The maximum atomic E-state index is 12.8. The van der Waals surface area contributed by atoms with Gasteiger partial charge in [0.25, 0.3) is 5.91 Å². The van der Waals surface area contributed by atoms with E-state index in [2.05, 4.69) is 25.3 Å². The molecule has 32 heavy (non-hydrogen) atoms. The fourth-order valence-electron chi connectivity index (χ4n) is 5.09. The van der Waals surface area contributed by atoms with Crippen LogP contribution < -0.4 is 10.2 Å². The molecule has 2 aliphatic carbocycles. The molecule has 1 saturated carbocycles. The maximum absolute atomic E-state index is 12.8. The second-order valence-electron chi connectivity index (χ2n) is 9.63. The number of anilines is 1. The first-order valence-corrected chi connectivity index (χ1v) is 11.4. The molecule has 0 aromatic carbocycles. The lowest BCUT2D eigenvalue weighted by molar-refractivity contribution is 0.0936. The standard InChI is InChI=1S/C23H28N8O/c1-15-16(9-24-22(27-15)30-8-7-23(13-30)5-6-23)11-31-12-17(10-26-31)21(32)28-18-3-4-19-20(18)25-14-29(19)2/h9-10,12,14,18H,3-8,11,13H2,1-2H3,(H,28,32)/t18-/m1/s1. The van der Waals surface area contributed by atoms with Crippen molar-refractivity contribution in [3.8, 4) is 0 Å². The Morgan fingerprint density at radius 1 is 1.25 bits per heavy atom. The summed E-state index contributed by atoms with van der Waals surface area (Å²) in [6, 6.07) is -0.0365. The number of amides is 1. The SMILES string of the molecule is Cc1nc(N2CCC3(CC3)C2)ncc1Cn1cc(C(=O)N[C@@H]2CCc3c2ncn3C)cn1. The summed E-state index contributed by atoms with van der Waals surface area (Å²) >= 11 is 0. The zero-order chi connectivity index (χ0) is 21.9. The number of fused-ring (bicyclic) bond motifs is 1. The predicted octanol–water partition coefficient (Wildman–Crippen LogP) is 2.17. The Morgan fingerprint density at radius 3 is 2.91 bits per heavy atom. The van der Waals surface area contributed by atoms with Crippen molar-refractivity contribution in [1.29, 1.82) is 0 Å². The zero-order valence-corrected chi connectivity index (χ0v) is 18.6. The number of aromatic nitrogens is 6. The summed E-state index contributed by atoms with van der Waals surface area (Å²) < 4.78 is 3.80. The van der Waals surface area contributed by atoms with Crippen LogP contribution in [-0.4, -0.2) is 48.3 Å². The summed E-state index contributed by atoms with van der Waals surface area (Å²) in [6.07, 6.45) is 12.9. The molecular formula is C23H28N8O. The summed E-state index contributed by atoms with van der Waals surface area (Å²) in [7, 11) is 1.99. The number of nitrogens with one attached hydrogen (secondary N) is 1. The molecule has 166 valence electrons. The van der Waals surface area contributed by atoms with E-state index in [1.54, 1.807) is 17.1 Å². The van der Waals surface area contributed by atoms with Crippen molar-refractivity contribution in [1.82, 2.24) is 34.6 Å². The normalized spacial score (nSPS) is 20.7. The van der Waals surface area contributed by atoms with Crippen LogP contribution in [0.15, 0.2) is 24.9 Å². The van der Waals surface area contributed by atoms with Crippen LogP contribution in [0.1, 0.15) is 64.7 Å². The number of aryl methyl sites for hydroxylation is 2. The van der Waals surface area contributed by atoms with Gasteiger partial charge in [0.2, 0.25) is 5.95 Å². The summed E-state index contributed by atoms with van der Waals surface area (Å²) in [5, 5.41) is 7.50. The average Bonchev–Trinajstić information content (AvgIpc) is 3.20. The lowest BCUT2D eigenvalue weighted by Gasteiger charge is -2.17. The average molecular weight is 433 g/mol. The fraction of sp³-hybridized carbons (Fsp3) is 0.522. The summed E-state index contributed by atoms with van der Waals surface area (Å²) in [5.41, 5.74) is 5.26. The number of imidazole rings is 1. The van der Waals surface area contributed by atoms with Crippen molar-refractivity contribution in [3.63, 3.8) is 0 Å². The van der Waals surface area contributed by atoms with E-state index in [-0.39, 0.29) is 11.9 Å². The predicted molar refractivity (Wildman–Crippen MR) is 118 cm³/mol. The van der Waals surface area contributed by atoms with Gasteiger partial charge in [-0.05, 0) is 44.4 Å². The van der Waals surface area contributed by atoms with Gasteiger partial charge in [0.15, 0.2) is 0 Å². The lowest BCUT2D eigenvalue weighted by atomic mass is 10.1. The molecule has 1 aliphatic heterocycles. The molecule has 6 rings (SSSR count). The van der Waals surface area contributed by atoms with Gasteiger partial charge < -0.3 is 14.8 Å². The van der Waals surface area contributed by atoms with Crippen molar-refractivity contribution >= 4 is 11.9 Å². The molecule has 2 fully saturated rings. The Morgan fingerprint density at radius 2 is 2.12 bits per heavy atom. The first-order chi connectivity index (χ1) is 15.5. The van der Waals surface area contributed by atoms with Gasteiger partial charge in [0, 0.05) is 49.5 Å². The molecule has 4 heterocycles. The molecule has 1 saturated heterocycles. The number of hydrogen-bond donors (Lipinski definition) is 1. The molecule has 9 heteroatoms. The highest BCUT2D eigenvalue weighted by atomic mass is 16.1. The summed E-state index contributed by atoms with van der Waals surface area (Å²) in [5.74, 6) is 0.715. The second kappa shape index (κ2) is 7.15. The Balaban J connectivity index is 1.11. The third-order valence-corrected chi connectivity index (χ3v) is 7.37. The van der Waals surface area contributed by atoms with Gasteiger partial charge in [-0.15, -0.1) is 0 Å². The monoisotopic (exact) mass is 432 g/mol. The van der Waals surface area contributed by atoms with Crippen molar-refractivity contribution in [3.05, 3.63) is 53.1 Å². The van der Waals surface area contributed by atoms with E-state index >= 15 is 0 Å². The first-order valence-electron chi connectivity index (χ1n) is 11.4. The van der Waals surface area contributed by atoms with E-state index < -0.39 is 0 Å². The van der Waals surface area contributed by atoms with Gasteiger partial charge in [-0.2, -0.15) is 5.10 Å². The molecule has 3 aliphatic rings. The molecule has 1 atom stereocenters. The highest BCUT2D eigenvalue weighted by Gasteiger charge is 2.48. The van der Waals surface area contributed by atoms with Gasteiger partial charge in [-0.3, -0.25) is 9.48 Å². The van der Waals surface area contributed by atoms with Crippen LogP contribution in [0.2, 0.25) is 0 Å². The molecule has 3 aromatic heterocycles. The number of carbonyl (C=O) groups excluding carboxylic acids is 1. The Labute approximate surface area is 186 Å². The second-order valence-corrected chi connectivity index (χ2v) is 9.63. The zero-order valence-electron chi connectivity index (χ0n) is 18.6. The van der Waals surface area contributed by atoms with Gasteiger partial charge in [0.05, 0.1) is 36.4 Å². The van der Waals surface area contributed by atoms with E-state index in [1.165, 1.54) is 25.0 Å². The van der Waals surface area contributed by atoms with Crippen molar-refractivity contribution < 1.29 is 4.79 Å². The Bertz CT molecular complexity index is 1190. The third-order valence-electron chi connectivity index (χ3n) is 7.37. The fourth-order valence-corrected chi connectivity index (χ4v) is 5.09. The van der Waals surface area contributed by atoms with E-state index in [1.807, 2.05) is 31.1 Å². The van der Waals surface area contributed by atoms with Crippen LogP contribution in [0.5, 0.6) is 0 Å². The van der Waals surface area contributed by atoms with Crippen molar-refractivity contribution in [2.45, 2.75) is 51.6 Å². The maximum Gasteiger partial charge on any atom is 0.255 e. The first kappa shape index (κ1) is 19.5. The minimum atomic E-state index is -0.119.